The van der Waals surface area contributed by atoms with E-state index in [0.29, 0.717) is 25.1 Å². The van der Waals surface area contributed by atoms with Gasteiger partial charge in [-0.15, -0.1) is 0 Å². The van der Waals surface area contributed by atoms with Gasteiger partial charge in [-0.3, -0.25) is 0 Å². The highest BCUT2D eigenvalue weighted by molar-refractivity contribution is 5.93. The summed E-state index contributed by atoms with van der Waals surface area (Å²) < 4.78 is 38.1. The van der Waals surface area contributed by atoms with E-state index in [2.05, 4.69) is 5.32 Å². The lowest BCUT2D eigenvalue weighted by Gasteiger charge is -2.18. The smallest absolute Gasteiger partial charge is 0.416 e. The number of carboxylic acid groups (broad SMARTS) is 1. The third-order valence-corrected chi connectivity index (χ3v) is 2.66. The Kier molecular flexibility index (Phi) is 5.17. The van der Waals surface area contributed by atoms with E-state index in [1.165, 1.54) is 11.9 Å². The van der Waals surface area contributed by atoms with Crippen LogP contribution < -0.4 is 5.32 Å². The topological polar surface area (TPSA) is 69.6 Å². The number of carbonyl (C=O) groups excluding carboxylic acids is 1. The summed E-state index contributed by atoms with van der Waals surface area (Å²) in [5, 5.41) is 11.1. The first-order valence-electron chi connectivity index (χ1n) is 6.13. The monoisotopic (exact) mass is 304 g/mol. The number of halogens is 3. The first-order chi connectivity index (χ1) is 9.65. The summed E-state index contributed by atoms with van der Waals surface area (Å²) in [6.45, 7) is 2.27. The van der Waals surface area contributed by atoms with Gasteiger partial charge in [-0.2, -0.15) is 13.2 Å². The van der Waals surface area contributed by atoms with Gasteiger partial charge in [0, 0.05) is 19.3 Å². The molecule has 1 aromatic carbocycles. The second-order valence-corrected chi connectivity index (χ2v) is 4.45. The second kappa shape index (κ2) is 6.47. The van der Waals surface area contributed by atoms with Crippen molar-refractivity contribution >= 4 is 17.7 Å². The zero-order valence-corrected chi connectivity index (χ0v) is 11.5. The van der Waals surface area contributed by atoms with Crippen LogP contribution in [0.2, 0.25) is 0 Å². The molecule has 1 rings (SSSR count). The number of urea groups is 1. The molecule has 0 heterocycles. The van der Waals surface area contributed by atoms with Gasteiger partial charge in [0.2, 0.25) is 0 Å². The first-order valence-corrected chi connectivity index (χ1v) is 6.13. The van der Waals surface area contributed by atoms with Gasteiger partial charge < -0.3 is 15.3 Å². The molecule has 0 aliphatic rings. The van der Waals surface area contributed by atoms with Crippen LogP contribution in [-0.4, -0.2) is 35.6 Å². The molecule has 21 heavy (non-hydrogen) atoms. The Morgan fingerprint density at radius 2 is 1.90 bits per heavy atom. The van der Waals surface area contributed by atoms with Crippen molar-refractivity contribution < 1.29 is 27.9 Å². The van der Waals surface area contributed by atoms with Gasteiger partial charge >= 0.3 is 18.2 Å². The van der Waals surface area contributed by atoms with Crippen molar-refractivity contribution in [3.63, 3.8) is 0 Å². The Hall–Kier alpha value is -2.25. The van der Waals surface area contributed by atoms with E-state index in [1.807, 2.05) is 6.92 Å². The molecule has 8 heteroatoms. The minimum Gasteiger partial charge on any atom is -0.478 e. The maximum Gasteiger partial charge on any atom is 0.416 e. The molecule has 0 saturated carbocycles. The highest BCUT2D eigenvalue weighted by atomic mass is 19.4. The number of carboxylic acids is 1. The average Bonchev–Trinajstić information content (AvgIpc) is 2.37. The molecule has 0 aliphatic carbocycles. The second-order valence-electron chi connectivity index (χ2n) is 4.45. The van der Waals surface area contributed by atoms with Crippen LogP contribution in [0.25, 0.3) is 0 Å². The number of hydrogen-bond acceptors (Lipinski definition) is 2. The molecule has 0 radical (unpaired) electrons. The third-order valence-electron chi connectivity index (χ3n) is 2.66. The fraction of sp³-hybridized carbons (Fsp3) is 0.385. The van der Waals surface area contributed by atoms with E-state index in [0.717, 1.165) is 6.07 Å². The summed E-state index contributed by atoms with van der Waals surface area (Å²) in [5.74, 6) is -1.50. The Balaban J connectivity index is 3.09. The Bertz CT molecular complexity index is 544. The molecule has 2 N–H and O–H groups in total. The van der Waals surface area contributed by atoms with Crippen LogP contribution in [0.15, 0.2) is 18.2 Å². The van der Waals surface area contributed by atoms with Crippen molar-refractivity contribution in [2.24, 2.45) is 0 Å². The average molecular weight is 304 g/mol. The molecule has 0 saturated heterocycles. The van der Waals surface area contributed by atoms with Gasteiger partial charge in [-0.25, -0.2) is 9.59 Å². The van der Waals surface area contributed by atoms with Crippen LogP contribution in [0.3, 0.4) is 0 Å². The minimum atomic E-state index is -4.69. The molecule has 0 aliphatic heterocycles. The number of anilines is 1. The number of rotatable bonds is 4. The largest absolute Gasteiger partial charge is 0.478 e. The quantitative estimate of drug-likeness (QED) is 0.897. The number of aromatic carboxylic acids is 1. The van der Waals surface area contributed by atoms with Gasteiger partial charge in [0.25, 0.3) is 0 Å². The van der Waals surface area contributed by atoms with Gasteiger partial charge in [-0.1, -0.05) is 6.92 Å². The van der Waals surface area contributed by atoms with E-state index in [-0.39, 0.29) is 5.69 Å². The molecule has 116 valence electrons. The van der Waals surface area contributed by atoms with Crippen LogP contribution in [0.4, 0.5) is 23.7 Å². The van der Waals surface area contributed by atoms with E-state index >= 15 is 0 Å². The number of hydrogen-bond donors (Lipinski definition) is 2. The van der Waals surface area contributed by atoms with Crippen LogP contribution >= 0.6 is 0 Å². The maximum absolute atomic E-state index is 12.7. The van der Waals surface area contributed by atoms with Gasteiger partial charge in [-0.05, 0) is 24.6 Å². The fourth-order valence-electron chi connectivity index (χ4n) is 1.64. The highest BCUT2D eigenvalue weighted by Crippen LogP contribution is 2.32. The van der Waals surface area contributed by atoms with Gasteiger partial charge in [0.15, 0.2) is 0 Å². The van der Waals surface area contributed by atoms with E-state index in [9.17, 15) is 22.8 Å². The summed E-state index contributed by atoms with van der Waals surface area (Å²) in [4.78, 5) is 23.9. The number of nitrogens with zero attached hydrogens (tertiary/aromatic N) is 1. The standard InChI is InChI=1S/C13H15F3N2O3/c1-3-4-18(2)12(21)17-10-6-8(11(19)20)5-9(7-10)13(14,15)16/h5-7H,3-4H2,1-2H3,(H,17,21)(H,19,20). The summed E-state index contributed by atoms with van der Waals surface area (Å²) in [7, 11) is 1.49. The zero-order valence-electron chi connectivity index (χ0n) is 11.5. The summed E-state index contributed by atoms with van der Waals surface area (Å²) >= 11 is 0. The molecule has 0 aromatic heterocycles. The highest BCUT2D eigenvalue weighted by Gasteiger charge is 2.32. The predicted molar refractivity (Wildman–Crippen MR) is 70.3 cm³/mol. The molecular weight excluding hydrogens is 289 g/mol. The van der Waals surface area contributed by atoms with Crippen LogP contribution in [-0.2, 0) is 6.18 Å². The summed E-state index contributed by atoms with van der Waals surface area (Å²) in [5.41, 5.74) is -1.88. The number of benzene rings is 1. The van der Waals surface area contributed by atoms with E-state index in [1.54, 1.807) is 0 Å². The number of carbonyl (C=O) groups is 2. The third kappa shape index (κ3) is 4.66. The number of amides is 2. The molecular formula is C13H15F3N2O3. The lowest BCUT2D eigenvalue weighted by Crippen LogP contribution is -2.32. The van der Waals surface area contributed by atoms with E-state index < -0.39 is 29.3 Å². The van der Waals surface area contributed by atoms with Crippen LogP contribution in [0.5, 0.6) is 0 Å². The maximum atomic E-state index is 12.7. The van der Waals surface area contributed by atoms with E-state index in [4.69, 9.17) is 5.11 Å². The van der Waals surface area contributed by atoms with Crippen molar-refractivity contribution in [2.75, 3.05) is 18.9 Å². The van der Waals surface area contributed by atoms with Crippen molar-refractivity contribution in [1.29, 1.82) is 0 Å². The van der Waals surface area contributed by atoms with Gasteiger partial charge in [0.05, 0.1) is 11.1 Å². The molecule has 0 unspecified atom stereocenters. The molecule has 0 bridgehead atoms. The molecule has 5 nitrogen and oxygen atoms in total. The molecule has 1 aromatic rings. The SMILES string of the molecule is CCCN(C)C(=O)Nc1cc(C(=O)O)cc(C(F)(F)F)c1. The van der Waals surface area contributed by atoms with Crippen molar-refractivity contribution in [3.05, 3.63) is 29.3 Å². The number of alkyl halides is 3. The molecule has 0 atom stereocenters. The van der Waals surface area contributed by atoms with Gasteiger partial charge in [0.1, 0.15) is 0 Å². The van der Waals surface area contributed by atoms with Crippen molar-refractivity contribution in [3.8, 4) is 0 Å². The Morgan fingerprint density at radius 3 is 2.38 bits per heavy atom. The normalized spacial score (nSPS) is 11.1. The Morgan fingerprint density at radius 1 is 1.29 bits per heavy atom. The minimum absolute atomic E-state index is 0.213. The Labute approximate surface area is 119 Å². The lowest BCUT2D eigenvalue weighted by molar-refractivity contribution is -0.137. The fourth-order valence-corrected chi connectivity index (χ4v) is 1.64. The molecule has 0 spiro atoms. The van der Waals surface area contributed by atoms with Crippen LogP contribution in [0.1, 0.15) is 29.3 Å². The lowest BCUT2D eigenvalue weighted by atomic mass is 10.1. The van der Waals surface area contributed by atoms with Crippen molar-refractivity contribution in [2.45, 2.75) is 19.5 Å². The summed E-state index contributed by atoms with van der Waals surface area (Å²) in [6, 6.07) is 1.60. The van der Waals surface area contributed by atoms with Crippen molar-refractivity contribution in [1.82, 2.24) is 4.90 Å². The number of nitrogens with one attached hydrogen (secondary N) is 1. The molecule has 0 fully saturated rings. The molecule has 2 amide bonds. The first kappa shape index (κ1) is 16.8. The predicted octanol–water partition coefficient (Wildman–Crippen LogP) is 3.28. The summed E-state index contributed by atoms with van der Waals surface area (Å²) in [6.07, 6.45) is -4.01. The van der Waals surface area contributed by atoms with Crippen LogP contribution in [0, 0.1) is 0 Å². The zero-order chi connectivity index (χ0) is 16.2.